The number of rotatable bonds is 6. The van der Waals surface area contributed by atoms with Crippen molar-refractivity contribution in [2.45, 2.75) is 4.90 Å². The molecule has 0 saturated heterocycles. The number of aliphatic imine (C=N–C) groups is 1. The predicted molar refractivity (Wildman–Crippen MR) is 111 cm³/mol. The molecule has 0 atom stereocenters. The van der Waals surface area contributed by atoms with E-state index in [-0.39, 0.29) is 10.6 Å². The second-order valence-electron chi connectivity index (χ2n) is 5.76. The Labute approximate surface area is 168 Å². The molecule has 0 radical (unpaired) electrons. The van der Waals surface area contributed by atoms with Crippen LogP contribution in [0.4, 0.5) is 11.4 Å². The molecule has 0 unspecified atom stereocenters. The highest BCUT2D eigenvalue weighted by Gasteiger charge is 2.16. The summed E-state index contributed by atoms with van der Waals surface area (Å²) < 4.78 is 33.1. The van der Waals surface area contributed by atoms with Gasteiger partial charge in [0.2, 0.25) is 0 Å². The Balaban J connectivity index is 1.88. The number of phenols is 1. The average molecular weight is 417 g/mol. The van der Waals surface area contributed by atoms with Crippen molar-refractivity contribution < 1.29 is 18.3 Å². The van der Waals surface area contributed by atoms with Crippen LogP contribution in [0.25, 0.3) is 0 Å². The van der Waals surface area contributed by atoms with E-state index in [1.54, 1.807) is 48.5 Å². The van der Waals surface area contributed by atoms with E-state index >= 15 is 0 Å². The largest absolute Gasteiger partial charge is 0.507 e. The summed E-state index contributed by atoms with van der Waals surface area (Å²) in [5.41, 5.74) is 1.16. The summed E-state index contributed by atoms with van der Waals surface area (Å²) in [5, 5.41) is 10.3. The second-order valence-corrected chi connectivity index (χ2v) is 7.88. The van der Waals surface area contributed by atoms with Crippen LogP contribution in [0.3, 0.4) is 0 Å². The highest BCUT2D eigenvalue weighted by atomic mass is 35.5. The third-order valence-corrected chi connectivity index (χ3v) is 5.42. The molecule has 0 aliphatic rings. The van der Waals surface area contributed by atoms with Gasteiger partial charge in [0, 0.05) is 16.8 Å². The SMILES string of the molecule is COc1ccccc1NS(=O)(=O)c1cccc(N=Cc2cc(Cl)ccc2O)c1. The van der Waals surface area contributed by atoms with Gasteiger partial charge in [-0.05, 0) is 48.5 Å². The molecule has 0 bridgehead atoms. The van der Waals surface area contributed by atoms with Crippen molar-refractivity contribution in [3.05, 3.63) is 77.3 Å². The second kappa shape index (κ2) is 8.33. The molecule has 0 spiro atoms. The van der Waals surface area contributed by atoms with E-state index < -0.39 is 10.0 Å². The van der Waals surface area contributed by atoms with Gasteiger partial charge in [-0.15, -0.1) is 0 Å². The highest BCUT2D eigenvalue weighted by Crippen LogP contribution is 2.27. The van der Waals surface area contributed by atoms with Gasteiger partial charge < -0.3 is 9.84 Å². The number of aromatic hydroxyl groups is 1. The van der Waals surface area contributed by atoms with E-state index in [9.17, 15) is 13.5 Å². The number of sulfonamides is 1. The molecule has 0 aliphatic heterocycles. The molecule has 8 heteroatoms. The van der Waals surface area contributed by atoms with Crippen molar-refractivity contribution in [2.24, 2.45) is 4.99 Å². The molecular formula is C20H17ClN2O4S. The minimum absolute atomic E-state index is 0.0229. The fourth-order valence-corrected chi connectivity index (χ4v) is 3.73. The maximum atomic E-state index is 12.7. The Hall–Kier alpha value is -3.03. The number of methoxy groups -OCH3 is 1. The first-order valence-corrected chi connectivity index (χ1v) is 10.0. The van der Waals surface area contributed by atoms with Crippen LogP contribution < -0.4 is 9.46 Å². The summed E-state index contributed by atoms with van der Waals surface area (Å²) in [6, 6.07) is 17.4. The molecule has 0 amide bonds. The molecule has 3 aromatic carbocycles. The summed E-state index contributed by atoms with van der Waals surface area (Å²) in [6.07, 6.45) is 1.42. The van der Waals surface area contributed by atoms with Crippen molar-refractivity contribution in [3.8, 4) is 11.5 Å². The van der Waals surface area contributed by atoms with Crippen LogP contribution in [-0.2, 0) is 10.0 Å². The standard InChI is InChI=1S/C20H17ClN2O4S/c1-27-20-8-3-2-7-18(20)23-28(25,26)17-6-4-5-16(12-17)22-13-14-11-15(21)9-10-19(14)24/h2-13,23-24H,1H3. The summed E-state index contributed by atoms with van der Waals surface area (Å²) in [6.45, 7) is 0. The number of hydrogen-bond donors (Lipinski definition) is 2. The number of phenolic OH excluding ortho intramolecular Hbond substituents is 1. The first-order chi connectivity index (χ1) is 13.4. The van der Waals surface area contributed by atoms with Gasteiger partial charge in [0.25, 0.3) is 10.0 Å². The van der Waals surface area contributed by atoms with Crippen LogP contribution >= 0.6 is 11.6 Å². The first kappa shape index (κ1) is 19.7. The van der Waals surface area contributed by atoms with Gasteiger partial charge >= 0.3 is 0 Å². The first-order valence-electron chi connectivity index (χ1n) is 8.17. The van der Waals surface area contributed by atoms with Crippen molar-refractivity contribution in [1.82, 2.24) is 0 Å². The fourth-order valence-electron chi connectivity index (χ4n) is 2.44. The Kier molecular flexibility index (Phi) is 5.87. The van der Waals surface area contributed by atoms with Gasteiger partial charge in [0.1, 0.15) is 11.5 Å². The quantitative estimate of drug-likeness (QED) is 0.574. The lowest BCUT2D eigenvalue weighted by Crippen LogP contribution is -2.13. The van der Waals surface area contributed by atoms with Crippen LogP contribution in [-0.4, -0.2) is 26.8 Å². The number of nitrogens with zero attached hydrogens (tertiary/aromatic N) is 1. The van der Waals surface area contributed by atoms with E-state index in [2.05, 4.69) is 9.71 Å². The molecule has 3 aromatic rings. The predicted octanol–water partition coefficient (Wildman–Crippen LogP) is 4.61. The zero-order chi connectivity index (χ0) is 20.1. The van der Waals surface area contributed by atoms with Gasteiger partial charge in [0.15, 0.2) is 0 Å². The van der Waals surface area contributed by atoms with Gasteiger partial charge in [-0.1, -0.05) is 29.8 Å². The molecule has 3 rings (SSSR count). The Morgan fingerprint density at radius 1 is 1.07 bits per heavy atom. The van der Waals surface area contributed by atoms with E-state index in [1.165, 1.54) is 31.5 Å². The minimum atomic E-state index is -3.84. The number of nitrogens with one attached hydrogen (secondary N) is 1. The van der Waals surface area contributed by atoms with Crippen molar-refractivity contribution in [1.29, 1.82) is 0 Å². The lowest BCUT2D eigenvalue weighted by Gasteiger charge is -2.11. The number of hydrogen-bond acceptors (Lipinski definition) is 5. The monoisotopic (exact) mass is 416 g/mol. The summed E-state index contributed by atoms with van der Waals surface area (Å²) in [5.74, 6) is 0.437. The maximum absolute atomic E-state index is 12.7. The summed E-state index contributed by atoms with van der Waals surface area (Å²) in [7, 11) is -2.37. The Morgan fingerprint density at radius 3 is 2.64 bits per heavy atom. The van der Waals surface area contributed by atoms with Crippen LogP contribution in [0.5, 0.6) is 11.5 Å². The van der Waals surface area contributed by atoms with E-state index in [1.807, 2.05) is 0 Å². The zero-order valence-corrected chi connectivity index (χ0v) is 16.4. The zero-order valence-electron chi connectivity index (χ0n) is 14.8. The molecule has 0 heterocycles. The van der Waals surface area contributed by atoms with Crippen LogP contribution in [0, 0.1) is 0 Å². The lowest BCUT2D eigenvalue weighted by atomic mass is 10.2. The molecule has 28 heavy (non-hydrogen) atoms. The lowest BCUT2D eigenvalue weighted by molar-refractivity contribution is 0.417. The minimum Gasteiger partial charge on any atom is -0.507 e. The van der Waals surface area contributed by atoms with Gasteiger partial charge in [-0.25, -0.2) is 8.42 Å². The number of para-hydroxylation sites is 2. The van der Waals surface area contributed by atoms with Crippen LogP contribution in [0.1, 0.15) is 5.56 Å². The molecule has 0 saturated carbocycles. The number of anilines is 1. The average Bonchev–Trinajstić information content (AvgIpc) is 2.69. The number of ether oxygens (including phenoxy) is 1. The Bertz CT molecular complexity index is 1130. The van der Waals surface area contributed by atoms with E-state index in [0.29, 0.717) is 27.7 Å². The molecule has 0 aromatic heterocycles. The normalized spacial score (nSPS) is 11.5. The van der Waals surface area contributed by atoms with Gasteiger partial charge in [0.05, 0.1) is 23.4 Å². The summed E-state index contributed by atoms with van der Waals surface area (Å²) >= 11 is 5.91. The van der Waals surface area contributed by atoms with E-state index in [0.717, 1.165) is 0 Å². The molecule has 2 N–H and O–H groups in total. The van der Waals surface area contributed by atoms with E-state index in [4.69, 9.17) is 16.3 Å². The van der Waals surface area contributed by atoms with Crippen LogP contribution in [0.15, 0.2) is 76.6 Å². The van der Waals surface area contributed by atoms with Gasteiger partial charge in [-0.3, -0.25) is 9.71 Å². The molecule has 144 valence electrons. The maximum Gasteiger partial charge on any atom is 0.262 e. The van der Waals surface area contributed by atoms with Crippen LogP contribution in [0.2, 0.25) is 5.02 Å². The van der Waals surface area contributed by atoms with Crippen molar-refractivity contribution in [3.63, 3.8) is 0 Å². The fraction of sp³-hybridized carbons (Fsp3) is 0.0500. The molecule has 0 fully saturated rings. The molecular weight excluding hydrogens is 400 g/mol. The molecule has 0 aliphatic carbocycles. The third kappa shape index (κ3) is 4.62. The van der Waals surface area contributed by atoms with Crippen molar-refractivity contribution in [2.75, 3.05) is 11.8 Å². The number of benzene rings is 3. The third-order valence-electron chi connectivity index (χ3n) is 3.82. The Morgan fingerprint density at radius 2 is 1.86 bits per heavy atom. The summed E-state index contributed by atoms with van der Waals surface area (Å²) in [4.78, 5) is 4.28. The van der Waals surface area contributed by atoms with Crippen molar-refractivity contribution >= 4 is 39.2 Å². The smallest absolute Gasteiger partial charge is 0.262 e. The number of halogens is 1. The topological polar surface area (TPSA) is 88.0 Å². The molecule has 6 nitrogen and oxygen atoms in total. The van der Waals surface area contributed by atoms with Gasteiger partial charge in [-0.2, -0.15) is 0 Å². The highest BCUT2D eigenvalue weighted by molar-refractivity contribution is 7.92.